The monoisotopic (exact) mass is 255 g/mol. The number of imide groups is 1. The molecule has 1 saturated heterocycles. The first-order valence-corrected chi connectivity index (χ1v) is 6.31. The van der Waals surface area contributed by atoms with Gasteiger partial charge in [-0.15, -0.1) is 0 Å². The quantitative estimate of drug-likeness (QED) is 0.700. The summed E-state index contributed by atoms with van der Waals surface area (Å²) in [6.45, 7) is 4.62. The lowest BCUT2D eigenvalue weighted by Gasteiger charge is -2.16. The zero-order valence-electron chi connectivity index (χ0n) is 11.2. The van der Waals surface area contributed by atoms with E-state index in [1.54, 1.807) is 7.05 Å². The molecule has 18 heavy (non-hydrogen) atoms. The van der Waals surface area contributed by atoms with E-state index in [9.17, 15) is 14.4 Å². The molecule has 0 bridgehead atoms. The summed E-state index contributed by atoms with van der Waals surface area (Å²) >= 11 is 0. The van der Waals surface area contributed by atoms with Crippen LogP contribution in [0.5, 0.6) is 0 Å². The van der Waals surface area contributed by atoms with Crippen LogP contribution in [0.3, 0.4) is 0 Å². The largest absolute Gasteiger partial charge is 0.354 e. The molecule has 6 nitrogen and oxygen atoms in total. The highest BCUT2D eigenvalue weighted by Gasteiger charge is 2.34. The average Bonchev–Trinajstić information content (AvgIpc) is 2.57. The molecule has 0 aromatic rings. The van der Waals surface area contributed by atoms with Crippen LogP contribution in [0, 0.1) is 5.92 Å². The lowest BCUT2D eigenvalue weighted by atomic mass is 10.0. The van der Waals surface area contributed by atoms with E-state index < -0.39 is 6.03 Å². The van der Waals surface area contributed by atoms with E-state index in [0.717, 1.165) is 17.7 Å². The zero-order valence-corrected chi connectivity index (χ0v) is 11.2. The van der Waals surface area contributed by atoms with Crippen molar-refractivity contribution in [1.29, 1.82) is 0 Å². The fourth-order valence-corrected chi connectivity index (χ4v) is 1.86. The first-order valence-electron chi connectivity index (χ1n) is 6.31. The molecule has 4 amide bonds. The number of carbonyl (C=O) groups is 3. The zero-order chi connectivity index (χ0) is 13.7. The summed E-state index contributed by atoms with van der Waals surface area (Å²) in [6, 6.07) is -0.405. The molecule has 0 saturated carbocycles. The molecular weight excluding hydrogens is 234 g/mol. The summed E-state index contributed by atoms with van der Waals surface area (Å²) in [4.78, 5) is 37.0. The Hall–Kier alpha value is -1.59. The molecule has 0 aliphatic carbocycles. The number of nitrogens with zero attached hydrogens (tertiary/aromatic N) is 2. The van der Waals surface area contributed by atoms with Crippen molar-refractivity contribution in [3.63, 3.8) is 0 Å². The number of rotatable bonds is 6. The highest BCUT2D eigenvalue weighted by atomic mass is 16.2. The maximum absolute atomic E-state index is 11.7. The van der Waals surface area contributed by atoms with Crippen molar-refractivity contribution in [1.82, 2.24) is 15.1 Å². The SMILES string of the molecule is CCC(CC)CNC(=O)CN1C(=O)CN(C)C1=O. The molecule has 0 radical (unpaired) electrons. The van der Waals surface area contributed by atoms with Crippen molar-refractivity contribution in [3.8, 4) is 0 Å². The molecule has 0 spiro atoms. The topological polar surface area (TPSA) is 69.7 Å². The third-order valence-corrected chi connectivity index (χ3v) is 3.28. The first kappa shape index (κ1) is 14.5. The Morgan fingerprint density at radius 1 is 1.33 bits per heavy atom. The lowest BCUT2D eigenvalue weighted by Crippen LogP contribution is -2.42. The van der Waals surface area contributed by atoms with Crippen LogP contribution in [0.1, 0.15) is 26.7 Å². The number of carbonyl (C=O) groups excluding carboxylic acids is 3. The van der Waals surface area contributed by atoms with E-state index >= 15 is 0 Å². The van der Waals surface area contributed by atoms with Crippen LogP contribution in [0.15, 0.2) is 0 Å². The van der Waals surface area contributed by atoms with Gasteiger partial charge in [0.1, 0.15) is 13.1 Å². The standard InChI is InChI=1S/C12H21N3O3/c1-4-9(5-2)6-13-10(16)7-15-11(17)8-14(3)12(15)18/h9H,4-8H2,1-3H3,(H,13,16). The lowest BCUT2D eigenvalue weighted by molar-refractivity contribution is -0.130. The van der Waals surface area contributed by atoms with Gasteiger partial charge in [0.05, 0.1) is 0 Å². The average molecular weight is 255 g/mol. The van der Waals surface area contributed by atoms with Gasteiger partial charge in [-0.25, -0.2) is 4.79 Å². The molecule has 1 fully saturated rings. The van der Waals surface area contributed by atoms with E-state index in [4.69, 9.17) is 0 Å². The number of hydrogen-bond acceptors (Lipinski definition) is 3. The van der Waals surface area contributed by atoms with Crippen LogP contribution in [0.25, 0.3) is 0 Å². The molecule has 0 aromatic carbocycles. The van der Waals surface area contributed by atoms with Gasteiger partial charge in [-0.3, -0.25) is 14.5 Å². The van der Waals surface area contributed by atoms with Crippen molar-refractivity contribution in [2.75, 3.05) is 26.7 Å². The van der Waals surface area contributed by atoms with Gasteiger partial charge in [0.15, 0.2) is 0 Å². The molecule has 102 valence electrons. The molecule has 1 rings (SSSR count). The van der Waals surface area contributed by atoms with Gasteiger partial charge < -0.3 is 10.2 Å². The number of nitrogens with one attached hydrogen (secondary N) is 1. The van der Waals surface area contributed by atoms with Gasteiger partial charge in [0.25, 0.3) is 5.91 Å². The second-order valence-corrected chi connectivity index (χ2v) is 4.61. The highest BCUT2D eigenvalue weighted by molar-refractivity contribution is 6.04. The maximum Gasteiger partial charge on any atom is 0.327 e. The Labute approximate surface area is 107 Å². The van der Waals surface area contributed by atoms with Gasteiger partial charge in [0.2, 0.25) is 5.91 Å². The number of hydrogen-bond donors (Lipinski definition) is 1. The Kier molecular flexibility index (Phi) is 5.12. The Morgan fingerprint density at radius 2 is 1.94 bits per heavy atom. The third-order valence-electron chi connectivity index (χ3n) is 3.28. The molecule has 1 N–H and O–H groups in total. The van der Waals surface area contributed by atoms with E-state index in [2.05, 4.69) is 19.2 Å². The van der Waals surface area contributed by atoms with Crippen molar-refractivity contribution >= 4 is 17.8 Å². The van der Waals surface area contributed by atoms with Crippen molar-refractivity contribution in [2.24, 2.45) is 5.92 Å². The van der Waals surface area contributed by atoms with Crippen molar-refractivity contribution in [2.45, 2.75) is 26.7 Å². The van der Waals surface area contributed by atoms with E-state index in [1.165, 1.54) is 4.90 Å². The molecule has 6 heteroatoms. The van der Waals surface area contributed by atoms with E-state index in [0.29, 0.717) is 12.5 Å². The van der Waals surface area contributed by atoms with Crippen LogP contribution >= 0.6 is 0 Å². The highest BCUT2D eigenvalue weighted by Crippen LogP contribution is 2.08. The predicted molar refractivity (Wildman–Crippen MR) is 66.8 cm³/mol. The predicted octanol–water partition coefficient (Wildman–Crippen LogP) is 0.433. The summed E-state index contributed by atoms with van der Waals surface area (Å²) in [5.74, 6) is -0.152. The minimum Gasteiger partial charge on any atom is -0.354 e. The number of likely N-dealkylation sites (N-methyl/N-ethyl adjacent to an activating group) is 1. The Bertz CT molecular complexity index is 339. The van der Waals surface area contributed by atoms with Crippen LogP contribution in [0.2, 0.25) is 0 Å². The smallest absolute Gasteiger partial charge is 0.327 e. The van der Waals surface area contributed by atoms with Crippen LogP contribution < -0.4 is 5.32 Å². The summed E-state index contributed by atoms with van der Waals surface area (Å²) in [7, 11) is 1.54. The van der Waals surface area contributed by atoms with E-state index in [1.807, 2.05) is 0 Å². The van der Waals surface area contributed by atoms with Gasteiger partial charge in [-0.05, 0) is 5.92 Å². The summed E-state index contributed by atoms with van der Waals surface area (Å²) < 4.78 is 0. The molecular formula is C12H21N3O3. The molecule has 1 aliphatic heterocycles. The minimum atomic E-state index is -0.405. The number of amides is 4. The van der Waals surface area contributed by atoms with Crippen LogP contribution in [-0.4, -0.2) is 54.3 Å². The molecule has 0 unspecified atom stereocenters. The third kappa shape index (κ3) is 3.45. The fraction of sp³-hybridized carbons (Fsp3) is 0.750. The summed E-state index contributed by atoms with van der Waals surface area (Å²) in [5, 5.41) is 2.76. The van der Waals surface area contributed by atoms with Crippen molar-refractivity contribution < 1.29 is 14.4 Å². The molecule has 0 atom stereocenters. The van der Waals surface area contributed by atoms with Crippen molar-refractivity contribution in [3.05, 3.63) is 0 Å². The van der Waals surface area contributed by atoms with Crippen LogP contribution in [0.4, 0.5) is 4.79 Å². The van der Waals surface area contributed by atoms with Gasteiger partial charge in [-0.2, -0.15) is 0 Å². The Morgan fingerprint density at radius 3 is 2.39 bits per heavy atom. The second kappa shape index (κ2) is 6.37. The van der Waals surface area contributed by atoms with Gasteiger partial charge in [0, 0.05) is 13.6 Å². The number of urea groups is 1. The maximum atomic E-state index is 11.7. The Balaban J connectivity index is 2.41. The second-order valence-electron chi connectivity index (χ2n) is 4.61. The summed E-state index contributed by atoms with van der Waals surface area (Å²) in [6.07, 6.45) is 2.00. The first-order chi connectivity index (χ1) is 8.49. The molecule has 0 aromatic heterocycles. The van der Waals surface area contributed by atoms with Crippen LogP contribution in [-0.2, 0) is 9.59 Å². The van der Waals surface area contributed by atoms with E-state index in [-0.39, 0.29) is 24.9 Å². The molecule has 1 heterocycles. The summed E-state index contributed by atoms with van der Waals surface area (Å²) in [5.41, 5.74) is 0. The molecule has 1 aliphatic rings. The normalized spacial score (nSPS) is 15.8. The minimum absolute atomic E-state index is 0.0542. The van der Waals surface area contributed by atoms with Gasteiger partial charge in [-0.1, -0.05) is 26.7 Å². The fourth-order valence-electron chi connectivity index (χ4n) is 1.86. The van der Waals surface area contributed by atoms with Gasteiger partial charge >= 0.3 is 6.03 Å².